The van der Waals surface area contributed by atoms with Crippen molar-refractivity contribution in [1.29, 1.82) is 0 Å². The summed E-state index contributed by atoms with van der Waals surface area (Å²) in [6.07, 6.45) is 3.62. The van der Waals surface area contributed by atoms with Gasteiger partial charge in [0.25, 0.3) is 0 Å². The van der Waals surface area contributed by atoms with Crippen molar-refractivity contribution in [2.45, 2.75) is 107 Å². The lowest BCUT2D eigenvalue weighted by Gasteiger charge is -2.17. The van der Waals surface area contributed by atoms with Crippen molar-refractivity contribution in [3.8, 4) is 0 Å². The summed E-state index contributed by atoms with van der Waals surface area (Å²) in [6.45, 7) is 25.2. The molecule has 3 rings (SSSR count). The largest absolute Gasteiger partial charge is 0.258 e. The summed E-state index contributed by atoms with van der Waals surface area (Å²) < 4.78 is 0. The predicted octanol–water partition coefficient (Wildman–Crippen LogP) is 7.49. The molecule has 0 aliphatic carbocycles. The number of nitrogens with zero attached hydrogens (tertiary/aromatic N) is 5. The molecular formula is C29H47N5. The van der Waals surface area contributed by atoms with E-state index in [-0.39, 0.29) is 23.7 Å². The summed E-state index contributed by atoms with van der Waals surface area (Å²) in [6, 6.07) is 10.0. The van der Waals surface area contributed by atoms with E-state index in [9.17, 15) is 0 Å². The molecular weight excluding hydrogens is 418 g/mol. The molecule has 188 valence electrons. The molecule has 0 fully saturated rings. The minimum atomic E-state index is 0. The van der Waals surface area contributed by atoms with Gasteiger partial charge < -0.3 is 0 Å². The number of hydrogen-bond acceptors (Lipinski definition) is 5. The van der Waals surface area contributed by atoms with Crippen LogP contribution in [0.1, 0.15) is 104 Å². The fourth-order valence-corrected chi connectivity index (χ4v) is 2.64. The van der Waals surface area contributed by atoms with Gasteiger partial charge in [-0.05, 0) is 45.0 Å². The van der Waals surface area contributed by atoms with Gasteiger partial charge in [-0.3, -0.25) is 4.98 Å². The zero-order valence-corrected chi connectivity index (χ0v) is 22.8. The lowest BCUT2D eigenvalue weighted by Crippen LogP contribution is -2.15. The number of rotatable bonds is 0. The molecule has 0 saturated carbocycles. The molecule has 0 amide bonds. The first-order valence-corrected chi connectivity index (χ1v) is 11.5. The van der Waals surface area contributed by atoms with Gasteiger partial charge in [0.2, 0.25) is 0 Å². The molecule has 0 atom stereocenters. The Hall–Kier alpha value is -2.69. The topological polar surface area (TPSA) is 64.5 Å². The molecule has 5 heteroatoms. The lowest BCUT2D eigenvalue weighted by atomic mass is 9.91. The first kappa shape index (κ1) is 31.3. The first-order chi connectivity index (χ1) is 15.0. The quantitative estimate of drug-likeness (QED) is 0.344. The highest BCUT2D eigenvalue weighted by Crippen LogP contribution is 2.20. The Morgan fingerprint density at radius 1 is 0.529 bits per heavy atom. The fourth-order valence-electron chi connectivity index (χ4n) is 2.64. The molecule has 3 aromatic heterocycles. The van der Waals surface area contributed by atoms with Gasteiger partial charge >= 0.3 is 0 Å². The first-order valence-electron chi connectivity index (χ1n) is 11.5. The number of pyridine rings is 1. The highest BCUT2D eigenvalue weighted by molar-refractivity contribution is 5.16. The van der Waals surface area contributed by atoms with Crippen molar-refractivity contribution in [1.82, 2.24) is 24.9 Å². The van der Waals surface area contributed by atoms with Crippen molar-refractivity contribution >= 4 is 0 Å². The maximum absolute atomic E-state index is 4.44. The van der Waals surface area contributed by atoms with Gasteiger partial charge in [0.15, 0.2) is 0 Å². The van der Waals surface area contributed by atoms with Crippen molar-refractivity contribution in [2.75, 3.05) is 0 Å². The second-order valence-electron chi connectivity index (χ2n) is 11.4. The molecule has 3 aromatic rings. The molecule has 0 unspecified atom stereocenters. The monoisotopic (exact) mass is 465 g/mol. The van der Waals surface area contributed by atoms with E-state index in [1.807, 2.05) is 51.4 Å². The molecule has 0 aliphatic heterocycles. The van der Waals surface area contributed by atoms with Crippen molar-refractivity contribution in [3.05, 3.63) is 77.2 Å². The van der Waals surface area contributed by atoms with E-state index in [1.165, 1.54) is 0 Å². The van der Waals surface area contributed by atoms with Crippen LogP contribution in [0.4, 0.5) is 0 Å². The van der Waals surface area contributed by atoms with E-state index in [0.29, 0.717) is 0 Å². The zero-order chi connectivity index (χ0) is 25.4. The number of aryl methyl sites for hydroxylation is 3. The molecule has 0 N–H and O–H groups in total. The second-order valence-corrected chi connectivity index (χ2v) is 11.4. The Morgan fingerprint density at radius 3 is 1.38 bits per heavy atom. The Labute approximate surface area is 209 Å². The molecule has 0 saturated heterocycles. The van der Waals surface area contributed by atoms with Crippen LogP contribution in [0, 0.1) is 20.8 Å². The van der Waals surface area contributed by atoms with Gasteiger partial charge in [-0.2, -0.15) is 0 Å². The van der Waals surface area contributed by atoms with E-state index in [4.69, 9.17) is 0 Å². The van der Waals surface area contributed by atoms with Crippen molar-refractivity contribution in [2.24, 2.45) is 0 Å². The van der Waals surface area contributed by atoms with Crippen LogP contribution in [0.5, 0.6) is 0 Å². The van der Waals surface area contributed by atoms with Crippen molar-refractivity contribution in [3.63, 3.8) is 0 Å². The van der Waals surface area contributed by atoms with Crippen LogP contribution in [0.15, 0.2) is 42.7 Å². The van der Waals surface area contributed by atoms with Crippen LogP contribution in [0.2, 0.25) is 0 Å². The number of aromatic nitrogens is 5. The normalized spacial score (nSPS) is 11.3. The summed E-state index contributed by atoms with van der Waals surface area (Å²) in [5, 5.41) is 0. The van der Waals surface area contributed by atoms with Crippen LogP contribution in [-0.2, 0) is 16.2 Å². The van der Waals surface area contributed by atoms with Crippen molar-refractivity contribution < 1.29 is 0 Å². The Kier molecular flexibility index (Phi) is 11.7. The van der Waals surface area contributed by atoms with E-state index in [2.05, 4.69) is 99.4 Å². The molecule has 3 heterocycles. The zero-order valence-electron chi connectivity index (χ0n) is 22.8. The average Bonchev–Trinajstić information content (AvgIpc) is 2.67. The average molecular weight is 466 g/mol. The maximum atomic E-state index is 4.44. The third kappa shape index (κ3) is 11.4. The fraction of sp³-hybridized carbons (Fsp3) is 0.552. The minimum Gasteiger partial charge on any atom is -0.258 e. The minimum absolute atomic E-state index is 0. The Balaban J connectivity index is 0.000000473. The predicted molar refractivity (Wildman–Crippen MR) is 145 cm³/mol. The maximum Gasteiger partial charge on any atom is 0.133 e. The van der Waals surface area contributed by atoms with Gasteiger partial charge in [0.1, 0.15) is 11.6 Å². The standard InChI is InChI=1S/C10H15N.2C9H14N2.CH4/c1-8-6-5-7-9(11-8)10(2,3)4;1-7-10-6-5-8(11-7)9(2,3)4;1-7-5-6-10-8(11-7)9(2,3)4;/h5-7H,1-4H3;2*5-6H,1-4H3;1H4. The molecule has 0 aromatic carbocycles. The van der Waals surface area contributed by atoms with E-state index < -0.39 is 0 Å². The summed E-state index contributed by atoms with van der Waals surface area (Å²) in [5.41, 5.74) is 4.76. The van der Waals surface area contributed by atoms with E-state index >= 15 is 0 Å². The lowest BCUT2D eigenvalue weighted by molar-refractivity contribution is 0.543. The third-order valence-corrected chi connectivity index (χ3v) is 4.67. The Morgan fingerprint density at radius 2 is 1.03 bits per heavy atom. The summed E-state index contributed by atoms with van der Waals surface area (Å²) in [5.74, 6) is 1.76. The summed E-state index contributed by atoms with van der Waals surface area (Å²) >= 11 is 0. The second kappa shape index (κ2) is 12.7. The van der Waals surface area contributed by atoms with Crippen LogP contribution in [-0.4, -0.2) is 24.9 Å². The highest BCUT2D eigenvalue weighted by Gasteiger charge is 2.16. The molecule has 0 spiro atoms. The van der Waals surface area contributed by atoms with Crippen LogP contribution >= 0.6 is 0 Å². The van der Waals surface area contributed by atoms with E-state index in [0.717, 1.165) is 34.4 Å². The molecule has 0 aliphatic rings. The molecule has 0 radical (unpaired) electrons. The SMILES string of the molecule is C.Cc1cccc(C(C)(C)C)n1.Cc1ccnc(C(C)(C)C)n1.Cc1nccc(C(C)(C)C)n1. The third-order valence-electron chi connectivity index (χ3n) is 4.67. The van der Waals surface area contributed by atoms with Gasteiger partial charge in [-0.1, -0.05) is 75.8 Å². The smallest absolute Gasteiger partial charge is 0.133 e. The Bertz CT molecular complexity index is 874. The summed E-state index contributed by atoms with van der Waals surface area (Å²) in [7, 11) is 0. The molecule has 0 bridgehead atoms. The highest BCUT2D eigenvalue weighted by atomic mass is 14.9. The summed E-state index contributed by atoms with van der Waals surface area (Å²) in [4.78, 5) is 21.4. The number of hydrogen-bond donors (Lipinski definition) is 0. The van der Waals surface area contributed by atoms with Gasteiger partial charge in [-0.25, -0.2) is 19.9 Å². The van der Waals surface area contributed by atoms with Crippen LogP contribution in [0.3, 0.4) is 0 Å². The van der Waals surface area contributed by atoms with Gasteiger partial charge in [0, 0.05) is 51.4 Å². The van der Waals surface area contributed by atoms with Gasteiger partial charge in [-0.15, -0.1) is 0 Å². The molecule has 34 heavy (non-hydrogen) atoms. The van der Waals surface area contributed by atoms with Crippen LogP contribution in [0.25, 0.3) is 0 Å². The molecule has 5 nitrogen and oxygen atoms in total. The van der Waals surface area contributed by atoms with Gasteiger partial charge in [0.05, 0.1) is 0 Å². The van der Waals surface area contributed by atoms with Crippen LogP contribution < -0.4 is 0 Å². The van der Waals surface area contributed by atoms with E-state index in [1.54, 1.807) is 0 Å².